The molecule has 1 heterocycles. The summed E-state index contributed by atoms with van der Waals surface area (Å²) in [6, 6.07) is 0. The first-order valence-electron chi connectivity index (χ1n) is 9.98. The Balaban J connectivity index is 1.86. The van der Waals surface area contributed by atoms with Crippen LogP contribution >= 0.6 is 46.1 Å². The van der Waals surface area contributed by atoms with E-state index in [0.29, 0.717) is 52.9 Å². The molecule has 1 saturated carbocycles. The van der Waals surface area contributed by atoms with Crippen LogP contribution in [0, 0.1) is 11.8 Å². The number of primary amides is 1. The average molecular weight is 497 g/mol. The number of carbonyl (C=O) groups is 1. The van der Waals surface area contributed by atoms with Gasteiger partial charge in [0, 0.05) is 23.6 Å². The van der Waals surface area contributed by atoms with Crippen LogP contribution in [0.25, 0.3) is 0 Å². The fourth-order valence-electron chi connectivity index (χ4n) is 3.67. The molecule has 5 atom stereocenters. The monoisotopic (exact) mass is 495 g/mol. The minimum atomic E-state index is -0.712. The molecule has 0 aliphatic heterocycles. The lowest BCUT2D eigenvalue weighted by Crippen LogP contribution is -2.20. The predicted molar refractivity (Wildman–Crippen MR) is 123 cm³/mol. The van der Waals surface area contributed by atoms with Crippen molar-refractivity contribution in [1.82, 2.24) is 0 Å². The Bertz CT molecular complexity index is 768. The summed E-state index contributed by atoms with van der Waals surface area (Å²) in [7, 11) is 0. The summed E-state index contributed by atoms with van der Waals surface area (Å²) in [5, 5.41) is 31.7. The summed E-state index contributed by atoms with van der Waals surface area (Å²) >= 11 is 19.4. The Kier molecular flexibility index (Phi) is 10.6. The summed E-state index contributed by atoms with van der Waals surface area (Å²) in [6.07, 6.45) is 9.14. The number of aliphatic hydroxyl groups excluding tert-OH is 3. The van der Waals surface area contributed by atoms with E-state index in [-0.39, 0.29) is 17.7 Å². The molecule has 1 fully saturated rings. The van der Waals surface area contributed by atoms with Gasteiger partial charge < -0.3 is 21.1 Å². The number of unbranched alkanes of at least 4 members (excludes halogenated alkanes) is 1. The van der Waals surface area contributed by atoms with Gasteiger partial charge >= 0.3 is 0 Å². The van der Waals surface area contributed by atoms with Crippen LogP contribution in [0.15, 0.2) is 24.3 Å². The number of thiophene rings is 1. The summed E-state index contributed by atoms with van der Waals surface area (Å²) in [6.45, 7) is 0. The van der Waals surface area contributed by atoms with E-state index in [4.69, 9.17) is 40.5 Å². The zero-order valence-electron chi connectivity index (χ0n) is 16.5. The quantitative estimate of drug-likeness (QED) is 0.267. The van der Waals surface area contributed by atoms with Gasteiger partial charge in [-0.2, -0.15) is 0 Å². The lowest BCUT2D eigenvalue weighted by Gasteiger charge is -2.19. The Hall–Kier alpha value is -0.600. The van der Waals surface area contributed by atoms with Crippen LogP contribution in [0.4, 0.5) is 0 Å². The van der Waals surface area contributed by atoms with Gasteiger partial charge in [-0.05, 0) is 38.0 Å². The fraction of sp³-hybridized carbons (Fsp3) is 0.571. The van der Waals surface area contributed by atoms with Gasteiger partial charge in [-0.15, -0.1) is 11.3 Å². The van der Waals surface area contributed by atoms with Crippen molar-refractivity contribution >= 4 is 52.0 Å². The number of rotatable bonds is 11. The highest BCUT2D eigenvalue weighted by Crippen LogP contribution is 2.41. The van der Waals surface area contributed by atoms with Crippen LogP contribution in [0.1, 0.15) is 43.4 Å². The number of aliphatic hydroxyl groups is 3. The van der Waals surface area contributed by atoms with Crippen molar-refractivity contribution in [1.29, 1.82) is 0 Å². The minimum absolute atomic E-state index is 0.125. The zero-order chi connectivity index (χ0) is 22.3. The molecule has 1 aromatic rings. The molecule has 168 valence electrons. The van der Waals surface area contributed by atoms with E-state index in [0.717, 1.165) is 11.3 Å². The maximum absolute atomic E-state index is 10.7. The summed E-state index contributed by atoms with van der Waals surface area (Å²) in [5.74, 6) is -0.673. The van der Waals surface area contributed by atoms with Crippen LogP contribution in [0.2, 0.25) is 14.4 Å². The summed E-state index contributed by atoms with van der Waals surface area (Å²) < 4.78 is 0.440. The van der Waals surface area contributed by atoms with Crippen LogP contribution in [0.3, 0.4) is 0 Å². The maximum atomic E-state index is 10.7. The highest BCUT2D eigenvalue weighted by molar-refractivity contribution is 7.17. The number of halogens is 3. The molecule has 1 amide bonds. The first-order valence-corrected chi connectivity index (χ1v) is 11.9. The van der Waals surface area contributed by atoms with E-state index in [1.54, 1.807) is 12.2 Å². The van der Waals surface area contributed by atoms with Crippen LogP contribution in [0.5, 0.6) is 0 Å². The lowest BCUT2D eigenvalue weighted by atomic mass is 9.89. The third kappa shape index (κ3) is 7.52. The number of hydrogen-bond acceptors (Lipinski definition) is 5. The summed E-state index contributed by atoms with van der Waals surface area (Å²) in [5.41, 5.74) is 5.12. The number of allylic oxidation sites excluding steroid dienone is 2. The van der Waals surface area contributed by atoms with Crippen LogP contribution < -0.4 is 5.73 Å². The molecule has 9 heteroatoms. The highest BCUT2D eigenvalue weighted by Gasteiger charge is 2.39. The minimum Gasteiger partial charge on any atom is -0.393 e. The lowest BCUT2D eigenvalue weighted by molar-refractivity contribution is -0.118. The Labute approximate surface area is 196 Å². The number of amides is 1. The predicted octanol–water partition coefficient (Wildman–Crippen LogP) is 4.52. The van der Waals surface area contributed by atoms with Gasteiger partial charge in [-0.3, -0.25) is 4.79 Å². The number of hydrogen-bond donors (Lipinski definition) is 4. The highest BCUT2D eigenvalue weighted by atomic mass is 35.5. The second-order valence-corrected chi connectivity index (χ2v) is 10.1. The molecule has 0 spiro atoms. The van der Waals surface area contributed by atoms with Gasteiger partial charge in [0.25, 0.3) is 0 Å². The van der Waals surface area contributed by atoms with Crippen molar-refractivity contribution in [2.75, 3.05) is 0 Å². The van der Waals surface area contributed by atoms with E-state index in [2.05, 4.69) is 0 Å². The molecule has 2 rings (SSSR count). The molecule has 1 aliphatic carbocycles. The molecular formula is C21H28Cl3NO4S. The van der Waals surface area contributed by atoms with E-state index in [9.17, 15) is 20.1 Å². The van der Waals surface area contributed by atoms with Gasteiger partial charge in [0.05, 0.1) is 28.4 Å². The average Bonchev–Trinajstić information content (AvgIpc) is 3.09. The molecule has 5 N–H and O–H groups in total. The largest absolute Gasteiger partial charge is 0.393 e. The Morgan fingerprint density at radius 1 is 1.20 bits per heavy atom. The molecular weight excluding hydrogens is 469 g/mol. The van der Waals surface area contributed by atoms with Crippen LogP contribution in [-0.2, 0) is 11.2 Å². The molecule has 5 nitrogen and oxygen atoms in total. The van der Waals surface area contributed by atoms with Crippen molar-refractivity contribution in [2.24, 2.45) is 17.6 Å². The van der Waals surface area contributed by atoms with Crippen molar-refractivity contribution in [3.8, 4) is 0 Å². The zero-order valence-corrected chi connectivity index (χ0v) is 19.6. The maximum Gasteiger partial charge on any atom is 0.217 e. The van der Waals surface area contributed by atoms with Gasteiger partial charge in [0.1, 0.15) is 4.34 Å². The topological polar surface area (TPSA) is 104 Å². The van der Waals surface area contributed by atoms with Crippen molar-refractivity contribution in [3.63, 3.8) is 0 Å². The SMILES string of the molecule is NC(=O)CCCC=CC[C@H]1C(O)CC(O)[C@@H]1C=CC(O)CCc1sc(Cl)c(Cl)c1Cl. The third-order valence-electron chi connectivity index (χ3n) is 5.33. The standard InChI is InChI=1S/C21H28Cl3NO4S/c22-19-17(30-21(24)20(19)23)10-8-12(26)7-9-14-13(15(27)11-16(14)28)5-3-1-2-4-6-18(25)29/h1,3,7,9,12-16,26-28H,2,4-6,8,10-11H2,(H2,25,29)/t12?,13-,14-,15?,16?/m1/s1. The van der Waals surface area contributed by atoms with E-state index in [1.807, 2.05) is 12.2 Å². The third-order valence-corrected chi connectivity index (χ3v) is 8.00. The second kappa shape index (κ2) is 12.4. The van der Waals surface area contributed by atoms with Crippen molar-refractivity contribution in [2.45, 2.75) is 63.3 Å². The Morgan fingerprint density at radius 2 is 1.93 bits per heavy atom. The molecule has 1 aromatic heterocycles. The number of aryl methyl sites for hydroxylation is 1. The molecule has 30 heavy (non-hydrogen) atoms. The molecule has 0 aromatic carbocycles. The number of nitrogens with two attached hydrogens (primary N) is 1. The second-order valence-electron chi connectivity index (χ2n) is 7.60. The molecule has 0 bridgehead atoms. The first kappa shape index (κ1) is 25.7. The Morgan fingerprint density at radius 3 is 2.57 bits per heavy atom. The fourth-order valence-corrected chi connectivity index (χ4v) is 5.56. The van der Waals surface area contributed by atoms with Gasteiger partial charge in [0.15, 0.2) is 0 Å². The van der Waals surface area contributed by atoms with Crippen molar-refractivity contribution < 1.29 is 20.1 Å². The van der Waals surface area contributed by atoms with E-state index < -0.39 is 18.3 Å². The molecule has 1 aliphatic rings. The van der Waals surface area contributed by atoms with E-state index >= 15 is 0 Å². The molecule has 3 unspecified atom stereocenters. The first-order chi connectivity index (χ1) is 14.2. The van der Waals surface area contributed by atoms with Crippen molar-refractivity contribution in [3.05, 3.63) is 43.6 Å². The van der Waals surface area contributed by atoms with Gasteiger partial charge in [-0.1, -0.05) is 59.1 Å². The van der Waals surface area contributed by atoms with Gasteiger partial charge in [-0.25, -0.2) is 0 Å². The normalized spacial score (nSPS) is 25.5. The molecule has 0 saturated heterocycles. The van der Waals surface area contributed by atoms with Crippen LogP contribution in [-0.4, -0.2) is 39.5 Å². The smallest absolute Gasteiger partial charge is 0.217 e. The van der Waals surface area contributed by atoms with Gasteiger partial charge in [0.2, 0.25) is 5.91 Å². The summed E-state index contributed by atoms with van der Waals surface area (Å²) in [4.78, 5) is 11.6. The molecule has 0 radical (unpaired) electrons. The number of carbonyl (C=O) groups excluding carboxylic acids is 1. The van der Waals surface area contributed by atoms with E-state index in [1.165, 1.54) is 11.3 Å².